The van der Waals surface area contributed by atoms with E-state index in [2.05, 4.69) is 50.3 Å². The van der Waals surface area contributed by atoms with Gasteiger partial charge in [0, 0.05) is 16.6 Å². The quantitative estimate of drug-likeness (QED) is 0.526. The number of hydrogen-bond donors (Lipinski definition) is 3. The molecule has 4 N–H and O–H groups in total. The number of aromatic nitrogens is 6. The first-order valence-electron chi connectivity index (χ1n) is 7.08. The number of rotatable bonds is 2. The van der Waals surface area contributed by atoms with E-state index in [-0.39, 0.29) is 0 Å². The molecule has 0 unspecified atom stereocenters. The molecular formula is C15H15N7. The van der Waals surface area contributed by atoms with Crippen LogP contribution in [0.25, 0.3) is 33.2 Å². The molecule has 0 aliphatic rings. The third-order valence-corrected chi connectivity index (χ3v) is 3.83. The first-order valence-corrected chi connectivity index (χ1v) is 7.08. The standard InChI is InChI=1S/C15H15N7/c1-7(2)12-9-4-3-8(5-10(9)19-20-12)13-11-14(16)17-6-18-15(11)22-21-13/h3-7H,1-2H3,(H,19,20)(H3,16,17,18,21,22). The van der Waals surface area contributed by atoms with Crippen LogP contribution in [0.3, 0.4) is 0 Å². The van der Waals surface area contributed by atoms with Gasteiger partial charge in [0.05, 0.1) is 16.6 Å². The van der Waals surface area contributed by atoms with E-state index in [0.717, 1.165) is 33.2 Å². The van der Waals surface area contributed by atoms with E-state index in [1.165, 1.54) is 6.33 Å². The van der Waals surface area contributed by atoms with Gasteiger partial charge in [-0.05, 0) is 12.0 Å². The van der Waals surface area contributed by atoms with Crippen LogP contribution in [-0.4, -0.2) is 30.4 Å². The van der Waals surface area contributed by atoms with Crippen LogP contribution < -0.4 is 5.73 Å². The number of benzene rings is 1. The van der Waals surface area contributed by atoms with Crippen molar-refractivity contribution in [1.29, 1.82) is 0 Å². The highest BCUT2D eigenvalue weighted by molar-refractivity contribution is 5.99. The monoisotopic (exact) mass is 293 g/mol. The number of hydrogen-bond acceptors (Lipinski definition) is 5. The first kappa shape index (κ1) is 12.8. The normalized spacial score (nSPS) is 11.8. The summed E-state index contributed by atoms with van der Waals surface area (Å²) in [4.78, 5) is 8.16. The van der Waals surface area contributed by atoms with Gasteiger partial charge in [-0.25, -0.2) is 9.97 Å². The number of aromatic amines is 2. The van der Waals surface area contributed by atoms with Gasteiger partial charge in [-0.15, -0.1) is 0 Å². The lowest BCUT2D eigenvalue weighted by Gasteiger charge is -2.03. The molecule has 7 heteroatoms. The van der Waals surface area contributed by atoms with Crippen LogP contribution >= 0.6 is 0 Å². The highest BCUT2D eigenvalue weighted by Crippen LogP contribution is 2.31. The van der Waals surface area contributed by atoms with Gasteiger partial charge in [0.2, 0.25) is 0 Å². The number of H-pyrrole nitrogens is 2. The Labute approximate surface area is 126 Å². The molecule has 3 heterocycles. The molecule has 4 aromatic rings. The van der Waals surface area contributed by atoms with Crippen molar-refractivity contribution in [3.8, 4) is 11.3 Å². The van der Waals surface area contributed by atoms with E-state index in [1.807, 2.05) is 12.1 Å². The van der Waals surface area contributed by atoms with Crippen LogP contribution in [0.1, 0.15) is 25.5 Å². The van der Waals surface area contributed by atoms with Crippen LogP contribution in [0.2, 0.25) is 0 Å². The molecule has 22 heavy (non-hydrogen) atoms. The summed E-state index contributed by atoms with van der Waals surface area (Å²) in [6.45, 7) is 4.28. The fraction of sp³-hybridized carbons (Fsp3) is 0.200. The summed E-state index contributed by atoms with van der Waals surface area (Å²) < 4.78 is 0. The number of nitrogens with two attached hydrogens (primary N) is 1. The van der Waals surface area contributed by atoms with Gasteiger partial charge in [-0.3, -0.25) is 10.2 Å². The number of fused-ring (bicyclic) bond motifs is 2. The second-order valence-corrected chi connectivity index (χ2v) is 5.58. The van der Waals surface area contributed by atoms with E-state index in [9.17, 15) is 0 Å². The summed E-state index contributed by atoms with van der Waals surface area (Å²) in [7, 11) is 0. The molecule has 0 atom stereocenters. The van der Waals surface area contributed by atoms with Crippen molar-refractivity contribution in [3.63, 3.8) is 0 Å². The smallest absolute Gasteiger partial charge is 0.186 e. The zero-order chi connectivity index (χ0) is 15.3. The maximum absolute atomic E-state index is 5.96. The van der Waals surface area contributed by atoms with Crippen LogP contribution in [0, 0.1) is 0 Å². The third-order valence-electron chi connectivity index (χ3n) is 3.83. The minimum Gasteiger partial charge on any atom is -0.383 e. The molecule has 0 radical (unpaired) electrons. The van der Waals surface area contributed by atoms with Gasteiger partial charge in [0.25, 0.3) is 0 Å². The molecule has 0 bridgehead atoms. The Morgan fingerprint density at radius 1 is 1.09 bits per heavy atom. The molecule has 110 valence electrons. The number of anilines is 1. The Balaban J connectivity index is 1.93. The van der Waals surface area contributed by atoms with Gasteiger partial charge >= 0.3 is 0 Å². The lowest BCUT2D eigenvalue weighted by Crippen LogP contribution is -1.92. The molecule has 7 nitrogen and oxygen atoms in total. The maximum atomic E-state index is 5.96. The fourth-order valence-electron chi connectivity index (χ4n) is 2.72. The van der Waals surface area contributed by atoms with Crippen LogP contribution in [0.5, 0.6) is 0 Å². The summed E-state index contributed by atoms with van der Waals surface area (Å²) in [5.41, 5.74) is 10.3. The van der Waals surface area contributed by atoms with E-state index in [0.29, 0.717) is 17.4 Å². The Morgan fingerprint density at radius 3 is 2.77 bits per heavy atom. The minimum absolute atomic E-state index is 0.396. The molecule has 0 aliphatic carbocycles. The highest BCUT2D eigenvalue weighted by atomic mass is 15.2. The summed E-state index contributed by atoms with van der Waals surface area (Å²) in [6.07, 6.45) is 1.41. The van der Waals surface area contributed by atoms with Crippen molar-refractivity contribution >= 4 is 27.8 Å². The molecule has 0 saturated carbocycles. The molecule has 1 aromatic carbocycles. The average molecular weight is 293 g/mol. The van der Waals surface area contributed by atoms with E-state index in [1.54, 1.807) is 0 Å². The molecule has 0 aliphatic heterocycles. The fourth-order valence-corrected chi connectivity index (χ4v) is 2.72. The lowest BCUT2D eigenvalue weighted by atomic mass is 10.0. The van der Waals surface area contributed by atoms with Crippen LogP contribution in [0.4, 0.5) is 5.82 Å². The molecular weight excluding hydrogens is 278 g/mol. The molecule has 0 saturated heterocycles. The zero-order valence-electron chi connectivity index (χ0n) is 12.3. The predicted molar refractivity (Wildman–Crippen MR) is 85.3 cm³/mol. The topological polar surface area (TPSA) is 109 Å². The molecule has 0 spiro atoms. The first-order chi connectivity index (χ1) is 10.6. The Morgan fingerprint density at radius 2 is 1.95 bits per heavy atom. The van der Waals surface area contributed by atoms with Crippen molar-refractivity contribution in [2.45, 2.75) is 19.8 Å². The Kier molecular flexibility index (Phi) is 2.62. The van der Waals surface area contributed by atoms with Crippen molar-refractivity contribution in [2.75, 3.05) is 5.73 Å². The van der Waals surface area contributed by atoms with Gasteiger partial charge in [0.15, 0.2) is 5.65 Å². The van der Waals surface area contributed by atoms with Crippen LogP contribution in [-0.2, 0) is 0 Å². The Hall–Kier alpha value is -2.96. The maximum Gasteiger partial charge on any atom is 0.186 e. The molecule has 0 fully saturated rings. The van der Waals surface area contributed by atoms with Gasteiger partial charge in [0.1, 0.15) is 12.1 Å². The number of nitrogens with one attached hydrogen (secondary N) is 2. The summed E-state index contributed by atoms with van der Waals surface area (Å²) in [5.74, 6) is 0.812. The van der Waals surface area contributed by atoms with Gasteiger partial charge in [-0.1, -0.05) is 26.0 Å². The molecule has 0 amide bonds. The number of nitrogen functional groups attached to an aromatic ring is 1. The number of nitrogens with zero attached hydrogens (tertiary/aromatic N) is 4. The SMILES string of the molecule is CC(C)c1[nH]nc2cc(-c3[nH]nc4ncnc(N)c34)ccc12. The van der Waals surface area contributed by atoms with E-state index >= 15 is 0 Å². The van der Waals surface area contributed by atoms with Crippen molar-refractivity contribution < 1.29 is 0 Å². The van der Waals surface area contributed by atoms with Crippen molar-refractivity contribution in [3.05, 3.63) is 30.2 Å². The molecule has 4 rings (SSSR count). The third kappa shape index (κ3) is 1.75. The summed E-state index contributed by atoms with van der Waals surface area (Å²) in [6, 6.07) is 6.11. The largest absolute Gasteiger partial charge is 0.383 e. The second kappa shape index (κ2) is 4.52. The summed E-state index contributed by atoms with van der Waals surface area (Å²) >= 11 is 0. The predicted octanol–water partition coefficient (Wildman–Crippen LogP) is 2.60. The molecule has 3 aromatic heterocycles. The zero-order valence-corrected chi connectivity index (χ0v) is 12.3. The van der Waals surface area contributed by atoms with Crippen LogP contribution in [0.15, 0.2) is 24.5 Å². The van der Waals surface area contributed by atoms with Crippen molar-refractivity contribution in [1.82, 2.24) is 30.4 Å². The average Bonchev–Trinajstić information content (AvgIpc) is 3.11. The summed E-state index contributed by atoms with van der Waals surface area (Å²) in [5, 5.41) is 16.5. The second-order valence-electron chi connectivity index (χ2n) is 5.58. The van der Waals surface area contributed by atoms with Gasteiger partial charge in [-0.2, -0.15) is 10.2 Å². The van der Waals surface area contributed by atoms with E-state index in [4.69, 9.17) is 5.73 Å². The Bertz CT molecular complexity index is 980. The lowest BCUT2D eigenvalue weighted by molar-refractivity contribution is 0.818. The highest BCUT2D eigenvalue weighted by Gasteiger charge is 2.15. The van der Waals surface area contributed by atoms with Crippen molar-refractivity contribution in [2.24, 2.45) is 0 Å². The minimum atomic E-state index is 0.396. The van der Waals surface area contributed by atoms with Gasteiger partial charge < -0.3 is 5.73 Å². The van der Waals surface area contributed by atoms with E-state index < -0.39 is 0 Å².